The normalized spacial score (nSPS) is 38.6. The summed E-state index contributed by atoms with van der Waals surface area (Å²) in [5.74, 6) is 0.456. The van der Waals surface area contributed by atoms with Crippen LogP contribution in [0.4, 0.5) is 0 Å². The molecule has 0 aromatic heterocycles. The molecule has 4 saturated heterocycles. The molecule has 4 heterocycles. The molecule has 0 N–H and O–H groups in total. The second-order valence-corrected chi connectivity index (χ2v) is 8.68. The van der Waals surface area contributed by atoms with Crippen LogP contribution < -0.4 is 0 Å². The van der Waals surface area contributed by atoms with Crippen LogP contribution >= 0.6 is 0 Å². The molecule has 25 heavy (non-hydrogen) atoms. The number of amides is 2. The first kappa shape index (κ1) is 16.1. The summed E-state index contributed by atoms with van der Waals surface area (Å²) >= 11 is 0. The summed E-state index contributed by atoms with van der Waals surface area (Å²) in [6.45, 7) is 7.92. The lowest BCUT2D eigenvalue weighted by molar-refractivity contribution is -0.140. The maximum absolute atomic E-state index is 12.9. The van der Waals surface area contributed by atoms with Crippen LogP contribution in [0.15, 0.2) is 0 Å². The van der Waals surface area contributed by atoms with Gasteiger partial charge in [-0.1, -0.05) is 0 Å². The number of piperazine rings is 2. The Morgan fingerprint density at radius 2 is 1.12 bits per heavy atom. The lowest BCUT2D eigenvalue weighted by Crippen LogP contribution is -2.53. The molecule has 6 heteroatoms. The third-order valence-corrected chi connectivity index (χ3v) is 7.22. The number of hydrogen-bond acceptors (Lipinski definition) is 4. The zero-order chi connectivity index (χ0) is 17.0. The molecule has 0 bridgehead atoms. The molecule has 4 atom stereocenters. The summed E-state index contributed by atoms with van der Waals surface area (Å²) in [4.78, 5) is 34.9. The van der Waals surface area contributed by atoms with E-state index in [1.54, 1.807) is 0 Å². The highest BCUT2D eigenvalue weighted by molar-refractivity contribution is 5.92. The van der Waals surface area contributed by atoms with E-state index in [2.05, 4.69) is 19.6 Å². The summed E-state index contributed by atoms with van der Waals surface area (Å²) in [5, 5.41) is 0. The summed E-state index contributed by atoms with van der Waals surface area (Å²) < 4.78 is 0. The molecule has 6 nitrogen and oxygen atoms in total. The van der Waals surface area contributed by atoms with Crippen LogP contribution in [0.25, 0.3) is 0 Å². The van der Waals surface area contributed by atoms with E-state index in [0.29, 0.717) is 12.1 Å². The van der Waals surface area contributed by atoms with Crippen LogP contribution in [-0.2, 0) is 9.59 Å². The van der Waals surface area contributed by atoms with Gasteiger partial charge in [0.25, 0.3) is 0 Å². The standard InChI is InChI=1S/C19H30N4O2/c24-18(22-9-7-20-5-1-3-14(20)12-22)16-11-17(16)19(25)23-10-8-21-6-2-4-15(21)13-23/h14-17H,1-13H2/t14-,15-,16-,17-/m1/s1. The van der Waals surface area contributed by atoms with Gasteiger partial charge in [-0.05, 0) is 45.2 Å². The summed E-state index contributed by atoms with van der Waals surface area (Å²) in [6.07, 6.45) is 5.77. The van der Waals surface area contributed by atoms with Crippen molar-refractivity contribution in [3.63, 3.8) is 0 Å². The minimum absolute atomic E-state index is 0.0259. The van der Waals surface area contributed by atoms with Crippen LogP contribution in [0.5, 0.6) is 0 Å². The molecule has 1 aliphatic carbocycles. The van der Waals surface area contributed by atoms with Crippen molar-refractivity contribution in [2.24, 2.45) is 11.8 Å². The van der Waals surface area contributed by atoms with Gasteiger partial charge in [0.05, 0.1) is 11.8 Å². The van der Waals surface area contributed by atoms with Crippen LogP contribution in [0.3, 0.4) is 0 Å². The monoisotopic (exact) mass is 346 g/mol. The Morgan fingerprint density at radius 3 is 1.60 bits per heavy atom. The third kappa shape index (κ3) is 2.87. The number of hydrogen-bond donors (Lipinski definition) is 0. The average molecular weight is 346 g/mol. The molecule has 0 radical (unpaired) electrons. The van der Waals surface area contributed by atoms with Crippen LogP contribution in [0.1, 0.15) is 32.1 Å². The molecule has 138 valence electrons. The lowest BCUT2D eigenvalue weighted by atomic mass is 10.1. The van der Waals surface area contributed by atoms with Crippen molar-refractivity contribution in [2.45, 2.75) is 44.2 Å². The molecular formula is C19H30N4O2. The van der Waals surface area contributed by atoms with Gasteiger partial charge in [-0.25, -0.2) is 0 Å². The van der Waals surface area contributed by atoms with Crippen LogP contribution in [0, 0.1) is 11.8 Å². The zero-order valence-corrected chi connectivity index (χ0v) is 15.1. The molecule has 0 aromatic carbocycles. The highest BCUT2D eigenvalue weighted by Crippen LogP contribution is 2.42. The van der Waals surface area contributed by atoms with Gasteiger partial charge in [0, 0.05) is 51.4 Å². The van der Waals surface area contributed by atoms with E-state index in [1.807, 2.05) is 0 Å². The Bertz CT molecular complexity index is 520. The molecule has 5 rings (SSSR count). The van der Waals surface area contributed by atoms with Crippen molar-refractivity contribution in [3.8, 4) is 0 Å². The molecule has 2 amide bonds. The summed E-state index contributed by atoms with van der Waals surface area (Å²) in [6, 6.07) is 1.14. The van der Waals surface area contributed by atoms with Gasteiger partial charge >= 0.3 is 0 Å². The first-order valence-corrected chi connectivity index (χ1v) is 10.3. The van der Waals surface area contributed by atoms with E-state index in [1.165, 1.54) is 38.8 Å². The first-order valence-electron chi connectivity index (χ1n) is 10.3. The fourth-order valence-electron chi connectivity index (χ4n) is 5.59. The van der Waals surface area contributed by atoms with Gasteiger partial charge < -0.3 is 9.80 Å². The van der Waals surface area contributed by atoms with Gasteiger partial charge in [0.1, 0.15) is 0 Å². The maximum atomic E-state index is 12.9. The van der Waals surface area contributed by atoms with E-state index in [-0.39, 0.29) is 23.7 Å². The van der Waals surface area contributed by atoms with Crippen molar-refractivity contribution >= 4 is 11.8 Å². The van der Waals surface area contributed by atoms with E-state index in [9.17, 15) is 9.59 Å². The summed E-state index contributed by atoms with van der Waals surface area (Å²) in [5.41, 5.74) is 0. The lowest BCUT2D eigenvalue weighted by Gasteiger charge is -2.38. The van der Waals surface area contributed by atoms with E-state index in [0.717, 1.165) is 45.7 Å². The van der Waals surface area contributed by atoms with E-state index < -0.39 is 0 Å². The second kappa shape index (κ2) is 6.23. The Hall–Kier alpha value is -1.14. The Labute approximate surface area is 150 Å². The molecule has 1 saturated carbocycles. The fraction of sp³-hybridized carbons (Fsp3) is 0.895. The molecule has 0 spiro atoms. The fourth-order valence-corrected chi connectivity index (χ4v) is 5.59. The van der Waals surface area contributed by atoms with Crippen molar-refractivity contribution in [1.82, 2.24) is 19.6 Å². The number of nitrogens with zero attached hydrogens (tertiary/aromatic N) is 4. The van der Waals surface area contributed by atoms with Gasteiger partial charge in [0.15, 0.2) is 0 Å². The second-order valence-electron chi connectivity index (χ2n) is 8.68. The zero-order valence-electron chi connectivity index (χ0n) is 15.1. The van der Waals surface area contributed by atoms with Crippen LogP contribution in [0.2, 0.25) is 0 Å². The first-order chi connectivity index (χ1) is 12.2. The minimum atomic E-state index is -0.0259. The number of rotatable bonds is 2. The SMILES string of the molecule is O=C([C@@H]1C[C@H]1C(=O)N1CCN2CCC[C@@H]2C1)N1CCN2CCC[C@@H]2C1. The smallest absolute Gasteiger partial charge is 0.226 e. The van der Waals surface area contributed by atoms with Crippen molar-refractivity contribution < 1.29 is 9.59 Å². The Morgan fingerprint density at radius 1 is 0.640 bits per heavy atom. The minimum Gasteiger partial charge on any atom is -0.340 e. The molecule has 0 unspecified atom stereocenters. The van der Waals surface area contributed by atoms with Gasteiger partial charge in [-0.15, -0.1) is 0 Å². The predicted molar refractivity (Wildman–Crippen MR) is 93.9 cm³/mol. The Kier molecular flexibility index (Phi) is 4.01. The molecule has 4 aliphatic heterocycles. The number of carbonyl (C=O) groups is 2. The van der Waals surface area contributed by atoms with Gasteiger partial charge in [0.2, 0.25) is 11.8 Å². The van der Waals surface area contributed by atoms with Crippen LogP contribution in [-0.4, -0.2) is 95.9 Å². The topological polar surface area (TPSA) is 47.1 Å². The quantitative estimate of drug-likeness (QED) is 0.718. The number of carbonyl (C=O) groups excluding carboxylic acids is 2. The largest absolute Gasteiger partial charge is 0.340 e. The van der Waals surface area contributed by atoms with Gasteiger partial charge in [-0.2, -0.15) is 0 Å². The number of fused-ring (bicyclic) bond motifs is 2. The van der Waals surface area contributed by atoms with Crippen molar-refractivity contribution in [3.05, 3.63) is 0 Å². The maximum Gasteiger partial charge on any atom is 0.226 e. The predicted octanol–water partition coefficient (Wildman–Crippen LogP) is 0.236. The third-order valence-electron chi connectivity index (χ3n) is 7.22. The molecule has 5 fully saturated rings. The molecule has 0 aromatic rings. The average Bonchev–Trinajstić information content (AvgIpc) is 3.06. The van der Waals surface area contributed by atoms with Crippen molar-refractivity contribution in [1.29, 1.82) is 0 Å². The van der Waals surface area contributed by atoms with Gasteiger partial charge in [-0.3, -0.25) is 19.4 Å². The van der Waals surface area contributed by atoms with Crippen molar-refractivity contribution in [2.75, 3.05) is 52.4 Å². The Balaban J connectivity index is 1.16. The highest BCUT2D eigenvalue weighted by atomic mass is 16.2. The summed E-state index contributed by atoms with van der Waals surface area (Å²) in [7, 11) is 0. The van der Waals surface area contributed by atoms with E-state index >= 15 is 0 Å². The highest BCUT2D eigenvalue weighted by Gasteiger charge is 2.52. The molecule has 5 aliphatic rings. The van der Waals surface area contributed by atoms with E-state index in [4.69, 9.17) is 0 Å². The molecular weight excluding hydrogens is 316 g/mol.